The van der Waals surface area contributed by atoms with Crippen LogP contribution in [0.2, 0.25) is 0 Å². The lowest BCUT2D eigenvalue weighted by molar-refractivity contribution is -0.135. The van der Waals surface area contributed by atoms with Gasteiger partial charge < -0.3 is 5.32 Å². The maximum atomic E-state index is 11.8. The molecule has 86 valence electrons. The molecule has 1 rings (SSSR count). The maximum absolute atomic E-state index is 11.8. The Bertz CT molecular complexity index is 261. The standard InChI is InChI=1S/C8H12F3N3S/c9-8(10,11)3-1-2-4-12-5-7-6-15-14-13-7/h6,12H,1-5H2. The molecule has 0 aliphatic heterocycles. The number of hydrogen-bond donors (Lipinski definition) is 1. The number of nitrogens with zero attached hydrogens (tertiary/aromatic N) is 2. The molecule has 0 radical (unpaired) electrons. The Morgan fingerprint density at radius 3 is 2.73 bits per heavy atom. The van der Waals surface area contributed by atoms with Crippen molar-refractivity contribution in [2.24, 2.45) is 0 Å². The maximum Gasteiger partial charge on any atom is 0.389 e. The van der Waals surface area contributed by atoms with E-state index in [0.717, 1.165) is 5.69 Å². The monoisotopic (exact) mass is 239 g/mol. The Hall–Kier alpha value is -0.690. The summed E-state index contributed by atoms with van der Waals surface area (Å²) < 4.78 is 38.9. The number of halogens is 3. The van der Waals surface area contributed by atoms with Gasteiger partial charge in [0.05, 0.1) is 5.69 Å². The second kappa shape index (κ2) is 6.02. The van der Waals surface area contributed by atoms with Crippen molar-refractivity contribution < 1.29 is 13.2 Å². The largest absolute Gasteiger partial charge is 0.389 e. The number of aromatic nitrogens is 2. The van der Waals surface area contributed by atoms with Gasteiger partial charge in [-0.3, -0.25) is 0 Å². The first-order chi connectivity index (χ1) is 7.08. The van der Waals surface area contributed by atoms with Crippen LogP contribution in [0.4, 0.5) is 13.2 Å². The van der Waals surface area contributed by atoms with Gasteiger partial charge in [0.25, 0.3) is 0 Å². The highest BCUT2D eigenvalue weighted by Crippen LogP contribution is 2.21. The second-order valence-corrected chi connectivity index (χ2v) is 3.76. The van der Waals surface area contributed by atoms with E-state index in [1.165, 1.54) is 11.5 Å². The van der Waals surface area contributed by atoms with Crippen LogP contribution in [-0.2, 0) is 6.54 Å². The summed E-state index contributed by atoms with van der Waals surface area (Å²) in [5.41, 5.74) is 0.829. The van der Waals surface area contributed by atoms with Crippen LogP contribution in [0.3, 0.4) is 0 Å². The van der Waals surface area contributed by atoms with Crippen LogP contribution in [0.5, 0.6) is 0 Å². The first-order valence-electron chi connectivity index (χ1n) is 4.61. The summed E-state index contributed by atoms with van der Waals surface area (Å²) >= 11 is 1.26. The molecule has 1 aromatic rings. The summed E-state index contributed by atoms with van der Waals surface area (Å²) in [6, 6.07) is 0. The molecule has 0 fully saturated rings. The van der Waals surface area contributed by atoms with Gasteiger partial charge in [0.2, 0.25) is 0 Å². The van der Waals surface area contributed by atoms with Gasteiger partial charge in [-0.15, -0.1) is 5.10 Å². The SMILES string of the molecule is FC(F)(F)CCCCNCc1csnn1. The summed E-state index contributed by atoms with van der Waals surface area (Å²) in [4.78, 5) is 0. The third kappa shape index (κ3) is 6.40. The van der Waals surface area contributed by atoms with Gasteiger partial charge in [-0.25, -0.2) is 0 Å². The van der Waals surface area contributed by atoms with Crippen LogP contribution < -0.4 is 5.32 Å². The summed E-state index contributed by atoms with van der Waals surface area (Å²) in [5.74, 6) is 0. The van der Waals surface area contributed by atoms with E-state index in [9.17, 15) is 13.2 Å². The quantitative estimate of drug-likeness (QED) is 0.774. The topological polar surface area (TPSA) is 37.8 Å². The fourth-order valence-corrected chi connectivity index (χ4v) is 1.50. The Kier molecular flexibility index (Phi) is 4.97. The smallest absolute Gasteiger partial charge is 0.311 e. The van der Waals surface area contributed by atoms with Crippen LogP contribution >= 0.6 is 11.5 Å². The zero-order valence-electron chi connectivity index (χ0n) is 8.05. The summed E-state index contributed by atoms with van der Waals surface area (Å²) in [6.07, 6.45) is -4.03. The Morgan fingerprint density at radius 1 is 1.33 bits per heavy atom. The molecule has 0 saturated carbocycles. The lowest BCUT2D eigenvalue weighted by atomic mass is 10.2. The van der Waals surface area contributed by atoms with E-state index in [-0.39, 0.29) is 6.42 Å². The highest BCUT2D eigenvalue weighted by atomic mass is 32.1. The molecule has 0 atom stereocenters. The molecule has 0 spiro atoms. The molecule has 1 N–H and O–H groups in total. The lowest BCUT2D eigenvalue weighted by Gasteiger charge is -2.05. The Labute approximate surface area is 89.9 Å². The summed E-state index contributed by atoms with van der Waals surface area (Å²) in [6.45, 7) is 1.15. The van der Waals surface area contributed by atoms with Crippen molar-refractivity contribution in [2.45, 2.75) is 32.0 Å². The molecule has 0 amide bonds. The molecule has 15 heavy (non-hydrogen) atoms. The van der Waals surface area contributed by atoms with Crippen LogP contribution in [-0.4, -0.2) is 22.3 Å². The van der Waals surface area contributed by atoms with E-state index < -0.39 is 12.6 Å². The van der Waals surface area contributed by atoms with Crippen LogP contribution in [0, 0.1) is 0 Å². The van der Waals surface area contributed by atoms with E-state index in [1.54, 1.807) is 0 Å². The van der Waals surface area contributed by atoms with Crippen molar-refractivity contribution in [1.29, 1.82) is 0 Å². The van der Waals surface area contributed by atoms with Crippen molar-refractivity contribution in [3.63, 3.8) is 0 Å². The number of alkyl halides is 3. The molecule has 1 aromatic heterocycles. The number of hydrogen-bond acceptors (Lipinski definition) is 4. The fourth-order valence-electron chi connectivity index (χ4n) is 1.05. The van der Waals surface area contributed by atoms with Gasteiger partial charge in [-0.1, -0.05) is 4.49 Å². The predicted molar refractivity (Wildman–Crippen MR) is 51.5 cm³/mol. The van der Waals surface area contributed by atoms with Crippen LogP contribution in [0.25, 0.3) is 0 Å². The number of nitrogens with one attached hydrogen (secondary N) is 1. The average Bonchev–Trinajstić information content (AvgIpc) is 2.61. The molecule has 0 saturated heterocycles. The van der Waals surface area contributed by atoms with E-state index in [4.69, 9.17) is 0 Å². The number of unbranched alkanes of at least 4 members (excludes halogenated alkanes) is 1. The molecular formula is C8H12F3N3S. The molecule has 0 unspecified atom stereocenters. The van der Waals surface area contributed by atoms with Gasteiger partial charge in [0.15, 0.2) is 0 Å². The van der Waals surface area contributed by atoms with Crippen molar-refractivity contribution in [1.82, 2.24) is 14.9 Å². The minimum atomic E-state index is -4.03. The van der Waals surface area contributed by atoms with Gasteiger partial charge in [-0.2, -0.15) is 13.2 Å². The van der Waals surface area contributed by atoms with Gasteiger partial charge in [-0.05, 0) is 30.9 Å². The third-order valence-electron chi connectivity index (χ3n) is 1.78. The average molecular weight is 239 g/mol. The van der Waals surface area contributed by atoms with Crippen molar-refractivity contribution in [3.05, 3.63) is 11.1 Å². The van der Waals surface area contributed by atoms with E-state index >= 15 is 0 Å². The molecule has 0 bridgehead atoms. The van der Waals surface area contributed by atoms with Gasteiger partial charge in [0, 0.05) is 18.3 Å². The van der Waals surface area contributed by atoms with E-state index in [2.05, 4.69) is 14.9 Å². The molecule has 0 aliphatic carbocycles. The normalized spacial score (nSPS) is 11.9. The van der Waals surface area contributed by atoms with Crippen molar-refractivity contribution in [2.75, 3.05) is 6.54 Å². The third-order valence-corrected chi connectivity index (χ3v) is 2.33. The zero-order valence-corrected chi connectivity index (χ0v) is 8.87. The first-order valence-corrected chi connectivity index (χ1v) is 5.45. The fraction of sp³-hybridized carbons (Fsp3) is 0.750. The molecule has 1 heterocycles. The number of rotatable bonds is 6. The van der Waals surface area contributed by atoms with E-state index in [1.807, 2.05) is 5.38 Å². The molecule has 7 heteroatoms. The summed E-state index contributed by atoms with van der Waals surface area (Å²) in [7, 11) is 0. The minimum absolute atomic E-state index is 0.172. The minimum Gasteiger partial charge on any atom is -0.311 e. The van der Waals surface area contributed by atoms with Crippen molar-refractivity contribution >= 4 is 11.5 Å². The predicted octanol–water partition coefficient (Wildman–Crippen LogP) is 2.36. The van der Waals surface area contributed by atoms with Crippen LogP contribution in [0.1, 0.15) is 25.0 Å². The van der Waals surface area contributed by atoms with Gasteiger partial charge in [0.1, 0.15) is 0 Å². The van der Waals surface area contributed by atoms with Gasteiger partial charge >= 0.3 is 6.18 Å². The highest BCUT2D eigenvalue weighted by Gasteiger charge is 2.25. The summed E-state index contributed by atoms with van der Waals surface area (Å²) in [5, 5.41) is 8.62. The molecule has 0 aromatic carbocycles. The van der Waals surface area contributed by atoms with Crippen molar-refractivity contribution in [3.8, 4) is 0 Å². The first kappa shape index (κ1) is 12.4. The lowest BCUT2D eigenvalue weighted by Crippen LogP contribution is -2.16. The molecule has 3 nitrogen and oxygen atoms in total. The Balaban J connectivity index is 1.94. The molecule has 0 aliphatic rings. The second-order valence-electron chi connectivity index (χ2n) is 3.15. The Morgan fingerprint density at radius 2 is 2.13 bits per heavy atom. The van der Waals surface area contributed by atoms with E-state index in [0.29, 0.717) is 19.5 Å². The van der Waals surface area contributed by atoms with Crippen LogP contribution in [0.15, 0.2) is 5.38 Å². The zero-order chi connectivity index (χ0) is 11.1. The molecular weight excluding hydrogens is 227 g/mol. The highest BCUT2D eigenvalue weighted by molar-refractivity contribution is 7.03.